The number of carbonyl (C=O) groups is 4. The van der Waals surface area contributed by atoms with E-state index >= 15 is 0 Å². The highest BCUT2D eigenvalue weighted by molar-refractivity contribution is 5.74. The Balaban J connectivity index is 2.81. The minimum Gasteiger partial charge on any atom is -0.479 e. The fourth-order valence-corrected chi connectivity index (χ4v) is 7.22. The van der Waals surface area contributed by atoms with Crippen molar-refractivity contribution < 1.29 is 58.2 Å². The Kier molecular flexibility index (Phi) is 42.1. The van der Waals surface area contributed by atoms with E-state index in [1.165, 1.54) is 0 Å². The Bertz CT molecular complexity index is 1650. The number of carboxylic acid groups (broad SMARTS) is 1. The molecule has 71 heavy (non-hydrogen) atoms. The minimum atomic E-state index is -1.92. The van der Waals surface area contributed by atoms with E-state index in [4.69, 9.17) is 23.7 Å². The standard InChI is InChI=1S/C59H92O12/c1-4-7-10-13-16-19-22-25-26-29-30-33-36-39-42-45-51(60)67-48-50(69-52(61)46-43-40-37-34-31-27-23-20-17-14-11-8-5-2)49-68-59-57(55(64)54(63)56(71-59)58(65)66)70-53(62)47-44-41-38-35-32-28-24-21-18-15-12-9-6-3/h7,10-12,14-16,19-21,23-26,30,33,39,42,50,54-57,59,63-64H,4-6,8-9,13,17-18,22,27-29,31-32,34-38,40-41,43-49H2,1-3H3,(H,65,66)/b10-7-,14-11-,15-12-,19-16-,23-20-,24-21-,26-25-,33-30-,42-39-. The zero-order valence-corrected chi connectivity index (χ0v) is 43.7. The third-order valence-corrected chi connectivity index (χ3v) is 11.3. The van der Waals surface area contributed by atoms with Crippen LogP contribution in [-0.2, 0) is 42.9 Å². The second kappa shape index (κ2) is 46.5. The maximum atomic E-state index is 13.1. The van der Waals surface area contributed by atoms with Gasteiger partial charge in [-0.1, -0.05) is 182 Å². The van der Waals surface area contributed by atoms with Crippen LogP contribution in [0.1, 0.15) is 188 Å². The van der Waals surface area contributed by atoms with Gasteiger partial charge in [0.1, 0.15) is 18.8 Å². The van der Waals surface area contributed by atoms with Crippen LogP contribution in [0.15, 0.2) is 109 Å². The van der Waals surface area contributed by atoms with Gasteiger partial charge in [-0.3, -0.25) is 14.4 Å². The maximum absolute atomic E-state index is 13.1. The molecule has 1 aliphatic rings. The van der Waals surface area contributed by atoms with Crippen LogP contribution in [0.4, 0.5) is 0 Å². The van der Waals surface area contributed by atoms with Crippen molar-refractivity contribution in [3.8, 4) is 0 Å². The van der Waals surface area contributed by atoms with Gasteiger partial charge in [0.2, 0.25) is 0 Å². The monoisotopic (exact) mass is 993 g/mol. The summed E-state index contributed by atoms with van der Waals surface area (Å²) >= 11 is 0. The highest BCUT2D eigenvalue weighted by atomic mass is 16.7. The molecule has 0 radical (unpaired) electrons. The molecule has 3 N–H and O–H groups in total. The Hall–Kier alpha value is -4.62. The summed E-state index contributed by atoms with van der Waals surface area (Å²) in [6.07, 6.45) is 49.5. The summed E-state index contributed by atoms with van der Waals surface area (Å²) < 4.78 is 28.2. The van der Waals surface area contributed by atoms with E-state index < -0.39 is 67.3 Å². The fourth-order valence-electron chi connectivity index (χ4n) is 7.22. The summed E-state index contributed by atoms with van der Waals surface area (Å²) in [6.45, 7) is 5.60. The molecular weight excluding hydrogens is 901 g/mol. The van der Waals surface area contributed by atoms with E-state index in [9.17, 15) is 34.5 Å². The summed E-state index contributed by atoms with van der Waals surface area (Å²) in [5.74, 6) is -3.34. The van der Waals surface area contributed by atoms with Crippen LogP contribution in [0.2, 0.25) is 0 Å². The molecule has 1 aliphatic heterocycles. The molecule has 6 unspecified atom stereocenters. The van der Waals surface area contributed by atoms with Gasteiger partial charge >= 0.3 is 23.9 Å². The number of ether oxygens (including phenoxy) is 5. The lowest BCUT2D eigenvalue weighted by atomic mass is 9.98. The van der Waals surface area contributed by atoms with Gasteiger partial charge in [-0.05, 0) is 96.3 Å². The second-order valence-electron chi connectivity index (χ2n) is 17.8. The molecule has 0 aromatic heterocycles. The lowest BCUT2D eigenvalue weighted by molar-refractivity contribution is -0.301. The normalized spacial score (nSPS) is 19.4. The van der Waals surface area contributed by atoms with Crippen LogP contribution in [0, 0.1) is 0 Å². The van der Waals surface area contributed by atoms with Crippen LogP contribution in [0.5, 0.6) is 0 Å². The molecule has 0 amide bonds. The number of unbranched alkanes of at least 4 members (excludes halogenated alkanes) is 12. The zero-order valence-electron chi connectivity index (χ0n) is 43.7. The lowest BCUT2D eigenvalue weighted by Crippen LogP contribution is -2.61. The molecule has 1 fully saturated rings. The van der Waals surface area contributed by atoms with Crippen LogP contribution in [0.25, 0.3) is 0 Å². The molecule has 12 nitrogen and oxygen atoms in total. The maximum Gasteiger partial charge on any atom is 0.335 e. The van der Waals surface area contributed by atoms with E-state index in [2.05, 4.69) is 112 Å². The number of carbonyl (C=O) groups excluding carboxylic acids is 3. The predicted molar refractivity (Wildman–Crippen MR) is 284 cm³/mol. The van der Waals surface area contributed by atoms with Crippen molar-refractivity contribution in [2.45, 2.75) is 225 Å². The lowest BCUT2D eigenvalue weighted by Gasteiger charge is -2.40. The molecule has 0 aromatic carbocycles. The zero-order chi connectivity index (χ0) is 51.8. The summed E-state index contributed by atoms with van der Waals surface area (Å²) in [4.78, 5) is 50.8. The van der Waals surface area contributed by atoms with E-state index in [1.54, 1.807) is 6.08 Å². The molecule has 1 heterocycles. The first-order chi connectivity index (χ1) is 34.6. The van der Waals surface area contributed by atoms with E-state index in [1.807, 2.05) is 12.2 Å². The van der Waals surface area contributed by atoms with E-state index in [0.29, 0.717) is 19.3 Å². The smallest absolute Gasteiger partial charge is 0.335 e. The van der Waals surface area contributed by atoms with Crippen molar-refractivity contribution >= 4 is 23.9 Å². The van der Waals surface area contributed by atoms with Crippen molar-refractivity contribution in [2.75, 3.05) is 13.2 Å². The summed E-state index contributed by atoms with van der Waals surface area (Å²) in [7, 11) is 0. The number of aliphatic hydroxyl groups excluding tert-OH is 2. The SMILES string of the molecule is CC/C=C\C/C=C\C/C=C\C/C=C\C/C=C\CC(=O)OCC(COC1OC(C(=O)O)C(O)C(O)C1OC(=O)CCCCCCC/C=C\C/C=C\CCC)OC(=O)CCCCCCC/C=C\C/C=C\CCC. The van der Waals surface area contributed by atoms with Gasteiger partial charge in [0, 0.05) is 12.8 Å². The van der Waals surface area contributed by atoms with Gasteiger partial charge in [0.15, 0.2) is 24.6 Å². The highest BCUT2D eigenvalue weighted by Crippen LogP contribution is 2.26. The minimum absolute atomic E-state index is 0.0242. The number of rotatable bonds is 43. The van der Waals surface area contributed by atoms with Gasteiger partial charge < -0.3 is 39.0 Å². The first-order valence-corrected chi connectivity index (χ1v) is 26.9. The molecule has 0 saturated carbocycles. The number of allylic oxidation sites excluding steroid dienone is 17. The molecular formula is C59H92O12. The van der Waals surface area contributed by atoms with Crippen LogP contribution >= 0.6 is 0 Å². The van der Waals surface area contributed by atoms with Gasteiger partial charge in [0.05, 0.1) is 13.0 Å². The van der Waals surface area contributed by atoms with Crippen molar-refractivity contribution in [1.29, 1.82) is 0 Å². The van der Waals surface area contributed by atoms with E-state index in [0.717, 1.165) is 128 Å². The number of carboxylic acids is 1. The average molecular weight is 993 g/mol. The Morgan fingerprint density at radius 2 is 0.930 bits per heavy atom. The summed E-state index contributed by atoms with van der Waals surface area (Å²) in [5, 5.41) is 31.4. The van der Waals surface area contributed by atoms with Crippen molar-refractivity contribution in [3.05, 3.63) is 109 Å². The van der Waals surface area contributed by atoms with Gasteiger partial charge in [-0.25, -0.2) is 4.79 Å². The fraction of sp³-hybridized carbons (Fsp3) is 0.627. The largest absolute Gasteiger partial charge is 0.479 e. The Morgan fingerprint density at radius 3 is 1.42 bits per heavy atom. The highest BCUT2D eigenvalue weighted by Gasteiger charge is 2.50. The second-order valence-corrected chi connectivity index (χ2v) is 17.8. The molecule has 400 valence electrons. The molecule has 1 rings (SSSR count). The molecule has 0 aliphatic carbocycles. The van der Waals surface area contributed by atoms with Crippen molar-refractivity contribution in [3.63, 3.8) is 0 Å². The van der Waals surface area contributed by atoms with Crippen molar-refractivity contribution in [1.82, 2.24) is 0 Å². The number of esters is 3. The molecule has 0 spiro atoms. The molecule has 6 atom stereocenters. The van der Waals surface area contributed by atoms with Crippen molar-refractivity contribution in [2.24, 2.45) is 0 Å². The molecule has 0 bridgehead atoms. The summed E-state index contributed by atoms with van der Waals surface area (Å²) in [5.41, 5.74) is 0. The van der Waals surface area contributed by atoms with Crippen LogP contribution < -0.4 is 0 Å². The van der Waals surface area contributed by atoms with Crippen LogP contribution in [0.3, 0.4) is 0 Å². The topological polar surface area (TPSA) is 175 Å². The Morgan fingerprint density at radius 1 is 0.493 bits per heavy atom. The average Bonchev–Trinajstić information content (AvgIpc) is 3.35. The first kappa shape index (κ1) is 64.4. The van der Waals surface area contributed by atoms with Gasteiger partial charge in [-0.2, -0.15) is 0 Å². The molecule has 12 heteroatoms. The predicted octanol–water partition coefficient (Wildman–Crippen LogP) is 13.1. The number of hydrogen-bond acceptors (Lipinski definition) is 11. The van der Waals surface area contributed by atoms with Gasteiger partial charge in [-0.15, -0.1) is 0 Å². The third kappa shape index (κ3) is 36.9. The third-order valence-electron chi connectivity index (χ3n) is 11.3. The number of aliphatic carboxylic acids is 1. The molecule has 0 aromatic rings. The molecule has 1 saturated heterocycles. The first-order valence-electron chi connectivity index (χ1n) is 26.9. The Labute approximate surface area is 427 Å². The van der Waals surface area contributed by atoms with Gasteiger partial charge in [0.25, 0.3) is 0 Å². The number of hydrogen-bond donors (Lipinski definition) is 3. The van der Waals surface area contributed by atoms with E-state index in [-0.39, 0.29) is 25.9 Å². The van der Waals surface area contributed by atoms with Crippen LogP contribution in [-0.4, -0.2) is 89.2 Å². The summed E-state index contributed by atoms with van der Waals surface area (Å²) in [6, 6.07) is 0. The number of aliphatic hydroxyl groups is 2. The quantitative estimate of drug-likeness (QED) is 0.0229.